The number of anilines is 1. The van der Waals surface area contributed by atoms with Crippen LogP contribution in [0, 0.1) is 0 Å². The van der Waals surface area contributed by atoms with Gasteiger partial charge in [-0.05, 0) is 74.6 Å². The van der Waals surface area contributed by atoms with E-state index in [-0.39, 0.29) is 10.8 Å². The summed E-state index contributed by atoms with van der Waals surface area (Å²) < 4.78 is 33.3. The highest BCUT2D eigenvalue weighted by Crippen LogP contribution is 2.49. The molecule has 166 valence electrons. The third-order valence-corrected chi connectivity index (χ3v) is 7.66. The fourth-order valence-electron chi connectivity index (χ4n) is 4.30. The van der Waals surface area contributed by atoms with Gasteiger partial charge >= 0.3 is 0 Å². The lowest BCUT2D eigenvalue weighted by atomic mass is 9.91. The Kier molecular flexibility index (Phi) is 6.23. The van der Waals surface area contributed by atoms with E-state index in [0.717, 1.165) is 31.2 Å². The summed E-state index contributed by atoms with van der Waals surface area (Å²) in [6, 6.07) is 13.8. The van der Waals surface area contributed by atoms with Crippen LogP contribution in [0.3, 0.4) is 0 Å². The number of hydrogen-bond donors (Lipinski definition) is 2. The molecule has 0 atom stereocenters. The smallest absolute Gasteiger partial charge is 0.261 e. The molecular formula is C24H30N2O4S. The Hall–Kier alpha value is -2.54. The summed E-state index contributed by atoms with van der Waals surface area (Å²) in [6.45, 7) is 2.40. The van der Waals surface area contributed by atoms with Crippen LogP contribution >= 0.6 is 0 Å². The minimum absolute atomic E-state index is 0.113. The molecule has 0 radical (unpaired) electrons. The largest absolute Gasteiger partial charge is 0.494 e. The van der Waals surface area contributed by atoms with Gasteiger partial charge in [-0.25, -0.2) is 8.42 Å². The Morgan fingerprint density at radius 2 is 1.65 bits per heavy atom. The summed E-state index contributed by atoms with van der Waals surface area (Å²) in [5.74, 6) is 0.745. The first kappa shape index (κ1) is 21.7. The van der Waals surface area contributed by atoms with Crippen LogP contribution in [-0.4, -0.2) is 27.0 Å². The van der Waals surface area contributed by atoms with E-state index < -0.39 is 15.4 Å². The number of amides is 1. The van der Waals surface area contributed by atoms with Crippen molar-refractivity contribution >= 4 is 21.6 Å². The number of rotatable bonds is 8. The van der Waals surface area contributed by atoms with Crippen molar-refractivity contribution in [2.24, 2.45) is 0 Å². The van der Waals surface area contributed by atoms with E-state index in [4.69, 9.17) is 4.74 Å². The number of ether oxygens (including phenoxy) is 1. The molecule has 0 unspecified atom stereocenters. The predicted molar refractivity (Wildman–Crippen MR) is 121 cm³/mol. The lowest BCUT2D eigenvalue weighted by molar-refractivity contribution is -0.124. The van der Waals surface area contributed by atoms with Gasteiger partial charge < -0.3 is 10.1 Å². The van der Waals surface area contributed by atoms with Crippen LogP contribution in [-0.2, 0) is 20.2 Å². The Bertz CT molecular complexity index is 1010. The highest BCUT2D eigenvalue weighted by atomic mass is 32.2. The van der Waals surface area contributed by atoms with Crippen LogP contribution in [0.15, 0.2) is 53.4 Å². The lowest BCUT2D eigenvalue weighted by Gasteiger charge is -2.25. The summed E-state index contributed by atoms with van der Waals surface area (Å²) >= 11 is 0. The average Bonchev–Trinajstić information content (AvgIpc) is 3.58. The van der Waals surface area contributed by atoms with Gasteiger partial charge in [0.2, 0.25) is 5.91 Å². The molecule has 2 N–H and O–H groups in total. The first-order valence-corrected chi connectivity index (χ1v) is 12.6. The second kappa shape index (κ2) is 8.91. The first-order chi connectivity index (χ1) is 14.9. The zero-order valence-electron chi connectivity index (χ0n) is 17.9. The summed E-state index contributed by atoms with van der Waals surface area (Å²) in [5, 5.41) is 3.25. The van der Waals surface area contributed by atoms with Crippen LogP contribution < -0.4 is 14.8 Å². The monoisotopic (exact) mass is 442 g/mol. The number of sulfonamides is 1. The molecule has 2 saturated carbocycles. The number of carbonyl (C=O) groups is 1. The molecule has 7 heteroatoms. The molecule has 6 nitrogen and oxygen atoms in total. The van der Waals surface area contributed by atoms with Gasteiger partial charge in [0.05, 0.1) is 16.9 Å². The van der Waals surface area contributed by atoms with Gasteiger partial charge in [-0.15, -0.1) is 0 Å². The number of hydrogen-bond acceptors (Lipinski definition) is 4. The molecule has 0 saturated heterocycles. The molecule has 2 aliphatic carbocycles. The van der Waals surface area contributed by atoms with Gasteiger partial charge in [0.1, 0.15) is 5.75 Å². The average molecular weight is 443 g/mol. The number of nitrogens with one attached hydrogen (secondary N) is 2. The molecule has 2 aromatic carbocycles. The van der Waals surface area contributed by atoms with Crippen molar-refractivity contribution in [1.82, 2.24) is 5.32 Å². The first-order valence-electron chi connectivity index (χ1n) is 11.1. The van der Waals surface area contributed by atoms with Crippen LogP contribution in [0.5, 0.6) is 5.75 Å². The molecule has 2 aliphatic rings. The van der Waals surface area contributed by atoms with E-state index in [1.54, 1.807) is 24.3 Å². The summed E-state index contributed by atoms with van der Waals surface area (Å²) in [6.07, 6.45) is 7.42. The van der Waals surface area contributed by atoms with Gasteiger partial charge in [-0.3, -0.25) is 9.52 Å². The van der Waals surface area contributed by atoms with E-state index in [1.807, 2.05) is 19.1 Å². The summed E-state index contributed by atoms with van der Waals surface area (Å²) in [5.41, 5.74) is 0.968. The zero-order chi connectivity index (χ0) is 21.9. The predicted octanol–water partition coefficient (Wildman–Crippen LogP) is 4.37. The molecule has 2 aromatic rings. The van der Waals surface area contributed by atoms with Crippen LogP contribution in [0.2, 0.25) is 0 Å². The van der Waals surface area contributed by atoms with Gasteiger partial charge in [0, 0.05) is 11.7 Å². The van der Waals surface area contributed by atoms with E-state index >= 15 is 0 Å². The SMILES string of the molecule is CCOc1ccc(S(=O)(=O)Nc2ccc(C3(C(=O)NC4CCCCC4)CC3)cc2)cc1. The van der Waals surface area contributed by atoms with E-state index in [0.29, 0.717) is 24.1 Å². The molecule has 4 rings (SSSR count). The third kappa shape index (κ3) is 4.87. The Balaban J connectivity index is 1.42. The molecule has 1 amide bonds. The van der Waals surface area contributed by atoms with E-state index in [1.165, 1.54) is 31.4 Å². The second-order valence-corrected chi connectivity index (χ2v) is 10.2. The lowest BCUT2D eigenvalue weighted by Crippen LogP contribution is -2.42. The van der Waals surface area contributed by atoms with Crippen molar-refractivity contribution in [3.8, 4) is 5.75 Å². The van der Waals surface area contributed by atoms with Crippen molar-refractivity contribution in [2.75, 3.05) is 11.3 Å². The van der Waals surface area contributed by atoms with Crippen LogP contribution in [0.25, 0.3) is 0 Å². The summed E-state index contributed by atoms with van der Waals surface area (Å²) in [4.78, 5) is 13.1. The Morgan fingerprint density at radius 3 is 2.23 bits per heavy atom. The van der Waals surface area contributed by atoms with Crippen molar-refractivity contribution in [3.05, 3.63) is 54.1 Å². The fraction of sp³-hybridized carbons (Fsp3) is 0.458. The van der Waals surface area contributed by atoms with Gasteiger partial charge in [0.25, 0.3) is 10.0 Å². The Labute approximate surface area is 184 Å². The third-order valence-electron chi connectivity index (χ3n) is 6.26. The molecule has 0 bridgehead atoms. The van der Waals surface area contributed by atoms with Crippen molar-refractivity contribution in [2.45, 2.75) is 68.2 Å². The zero-order valence-corrected chi connectivity index (χ0v) is 18.7. The Morgan fingerprint density at radius 1 is 1.00 bits per heavy atom. The van der Waals surface area contributed by atoms with Gasteiger partial charge in [-0.1, -0.05) is 31.4 Å². The minimum Gasteiger partial charge on any atom is -0.494 e. The number of benzene rings is 2. The van der Waals surface area contributed by atoms with E-state index in [2.05, 4.69) is 10.0 Å². The summed E-state index contributed by atoms with van der Waals surface area (Å²) in [7, 11) is -3.70. The number of carbonyl (C=O) groups excluding carboxylic acids is 1. The van der Waals surface area contributed by atoms with Crippen molar-refractivity contribution < 1.29 is 17.9 Å². The maximum atomic E-state index is 12.9. The molecule has 31 heavy (non-hydrogen) atoms. The van der Waals surface area contributed by atoms with Crippen molar-refractivity contribution in [1.29, 1.82) is 0 Å². The highest BCUT2D eigenvalue weighted by Gasteiger charge is 2.51. The maximum Gasteiger partial charge on any atom is 0.261 e. The van der Waals surface area contributed by atoms with Crippen LogP contribution in [0.1, 0.15) is 57.4 Å². The molecule has 0 heterocycles. The van der Waals surface area contributed by atoms with Crippen LogP contribution in [0.4, 0.5) is 5.69 Å². The molecule has 0 aromatic heterocycles. The standard InChI is InChI=1S/C24H30N2O4S/c1-2-30-21-12-14-22(15-13-21)31(28,29)26-20-10-8-18(9-11-20)24(16-17-24)23(27)25-19-6-4-3-5-7-19/h8-15,19,26H,2-7,16-17H2,1H3,(H,25,27). The highest BCUT2D eigenvalue weighted by molar-refractivity contribution is 7.92. The molecular weight excluding hydrogens is 412 g/mol. The fourth-order valence-corrected chi connectivity index (χ4v) is 5.35. The molecule has 0 aliphatic heterocycles. The second-order valence-electron chi connectivity index (χ2n) is 8.48. The quantitative estimate of drug-likeness (QED) is 0.636. The topological polar surface area (TPSA) is 84.5 Å². The van der Waals surface area contributed by atoms with Gasteiger partial charge in [-0.2, -0.15) is 0 Å². The van der Waals surface area contributed by atoms with E-state index in [9.17, 15) is 13.2 Å². The normalized spacial score (nSPS) is 18.2. The molecule has 2 fully saturated rings. The van der Waals surface area contributed by atoms with Crippen molar-refractivity contribution in [3.63, 3.8) is 0 Å². The van der Waals surface area contributed by atoms with Gasteiger partial charge in [0.15, 0.2) is 0 Å². The minimum atomic E-state index is -3.70. The maximum absolute atomic E-state index is 12.9. The molecule has 0 spiro atoms.